The first-order chi connectivity index (χ1) is 12.4. The van der Waals surface area contributed by atoms with Gasteiger partial charge in [0.05, 0.1) is 6.26 Å². The van der Waals surface area contributed by atoms with Crippen LogP contribution < -0.4 is 17.0 Å². The van der Waals surface area contributed by atoms with Gasteiger partial charge in [0.1, 0.15) is 17.1 Å². The largest absolute Gasteiger partial charge is 0.465 e. The second kappa shape index (κ2) is 8.15. The molecule has 0 aliphatic heterocycles. The van der Waals surface area contributed by atoms with E-state index in [2.05, 4.69) is 0 Å². The molecule has 0 aliphatic carbocycles. The number of ketones is 1. The number of furan rings is 1. The minimum Gasteiger partial charge on any atom is -0.465 e. The molecule has 0 aliphatic rings. The Morgan fingerprint density at radius 2 is 2.08 bits per heavy atom. The Kier molecular flexibility index (Phi) is 5.94. The maximum Gasteiger partial charge on any atom is 0.332 e. The second-order valence-electron chi connectivity index (χ2n) is 5.44. The van der Waals surface area contributed by atoms with Crippen LogP contribution in [0.2, 0.25) is 0 Å². The summed E-state index contributed by atoms with van der Waals surface area (Å²) in [5.41, 5.74) is 4.03. The topological polar surface area (TPSA) is 127 Å². The van der Waals surface area contributed by atoms with Crippen molar-refractivity contribution in [2.24, 2.45) is 7.05 Å². The van der Waals surface area contributed by atoms with Gasteiger partial charge in [-0.1, -0.05) is 6.92 Å². The zero-order valence-corrected chi connectivity index (χ0v) is 14.4. The van der Waals surface area contributed by atoms with Crippen molar-refractivity contribution < 1.29 is 18.7 Å². The van der Waals surface area contributed by atoms with E-state index in [1.165, 1.54) is 19.4 Å². The smallest absolute Gasteiger partial charge is 0.332 e. The molecule has 0 atom stereocenters. The minimum atomic E-state index is -0.827. The predicted molar refractivity (Wildman–Crippen MR) is 93.7 cm³/mol. The van der Waals surface area contributed by atoms with E-state index in [9.17, 15) is 19.2 Å². The van der Waals surface area contributed by atoms with Gasteiger partial charge in [-0.15, -0.1) is 0 Å². The van der Waals surface area contributed by atoms with Crippen LogP contribution in [0.5, 0.6) is 0 Å². The third-order valence-electron chi connectivity index (χ3n) is 3.58. The lowest BCUT2D eigenvalue weighted by Crippen LogP contribution is -2.43. The summed E-state index contributed by atoms with van der Waals surface area (Å²) in [6.45, 7) is 1.40. The number of nitrogen functional groups attached to an aromatic ring is 1. The van der Waals surface area contributed by atoms with Crippen molar-refractivity contribution in [3.05, 3.63) is 56.6 Å². The van der Waals surface area contributed by atoms with E-state index < -0.39 is 29.6 Å². The standard InChI is InChI=1S/C17H19N3O6/c1-3-8-20-15(18)14(16(23)19(2)17(20)24)12(21)10-26-13(22)7-6-11-5-4-9-25-11/h4-7,9H,3,8,10,18H2,1-2H3/b7-6+. The number of carbonyl (C=O) groups is 2. The Morgan fingerprint density at radius 3 is 2.69 bits per heavy atom. The molecule has 0 unspecified atom stereocenters. The number of nitrogens with zero attached hydrogens (tertiary/aromatic N) is 2. The molecule has 2 rings (SSSR count). The second-order valence-corrected chi connectivity index (χ2v) is 5.44. The lowest BCUT2D eigenvalue weighted by atomic mass is 10.2. The third-order valence-corrected chi connectivity index (χ3v) is 3.58. The van der Waals surface area contributed by atoms with E-state index in [0.29, 0.717) is 12.2 Å². The Balaban J connectivity index is 2.18. The average molecular weight is 361 g/mol. The molecule has 0 radical (unpaired) electrons. The molecule has 0 saturated heterocycles. The number of Topliss-reactive ketones (excluding diaryl/α,β-unsaturated/α-hetero) is 1. The summed E-state index contributed by atoms with van der Waals surface area (Å²) in [6, 6.07) is 3.29. The van der Waals surface area contributed by atoms with Crippen LogP contribution in [0.4, 0.5) is 5.82 Å². The molecule has 9 heteroatoms. The molecule has 138 valence electrons. The Labute approximate surface area is 148 Å². The van der Waals surface area contributed by atoms with Crippen molar-refractivity contribution in [1.29, 1.82) is 0 Å². The minimum absolute atomic E-state index is 0.230. The van der Waals surface area contributed by atoms with Gasteiger partial charge < -0.3 is 14.9 Å². The maximum atomic E-state index is 12.3. The summed E-state index contributed by atoms with van der Waals surface area (Å²) in [4.78, 5) is 48.3. The number of aromatic nitrogens is 2. The van der Waals surface area contributed by atoms with Gasteiger partial charge in [0.2, 0.25) is 5.78 Å². The quantitative estimate of drug-likeness (QED) is 0.434. The number of ether oxygens (including phenoxy) is 1. The highest BCUT2D eigenvalue weighted by atomic mass is 16.5. The van der Waals surface area contributed by atoms with Crippen LogP contribution >= 0.6 is 0 Å². The molecule has 9 nitrogen and oxygen atoms in total. The average Bonchev–Trinajstić information content (AvgIpc) is 3.13. The number of hydrogen-bond donors (Lipinski definition) is 1. The lowest BCUT2D eigenvalue weighted by molar-refractivity contribution is -0.136. The van der Waals surface area contributed by atoms with Gasteiger partial charge in [-0.2, -0.15) is 0 Å². The Hall–Kier alpha value is -3.36. The lowest BCUT2D eigenvalue weighted by Gasteiger charge is -2.13. The summed E-state index contributed by atoms with van der Waals surface area (Å²) >= 11 is 0. The van der Waals surface area contributed by atoms with Crippen molar-refractivity contribution in [2.75, 3.05) is 12.3 Å². The first-order valence-electron chi connectivity index (χ1n) is 7.87. The Morgan fingerprint density at radius 1 is 1.35 bits per heavy atom. The molecule has 0 bridgehead atoms. The van der Waals surface area contributed by atoms with Crippen LogP contribution in [0.1, 0.15) is 29.5 Å². The number of hydrogen-bond acceptors (Lipinski definition) is 7. The molecular weight excluding hydrogens is 342 g/mol. The van der Waals surface area contributed by atoms with Crippen molar-refractivity contribution >= 4 is 23.6 Å². The third kappa shape index (κ3) is 4.00. The number of carbonyl (C=O) groups excluding carboxylic acids is 2. The monoisotopic (exact) mass is 361 g/mol. The number of rotatable bonds is 7. The molecule has 2 heterocycles. The molecule has 2 aromatic heterocycles. The van der Waals surface area contributed by atoms with E-state index in [-0.39, 0.29) is 17.9 Å². The number of nitrogens with two attached hydrogens (primary N) is 1. The molecule has 0 amide bonds. The van der Waals surface area contributed by atoms with Crippen LogP contribution in [0.15, 0.2) is 38.5 Å². The van der Waals surface area contributed by atoms with Gasteiger partial charge in [-0.25, -0.2) is 9.59 Å². The summed E-state index contributed by atoms with van der Waals surface area (Å²) in [6.07, 6.45) is 4.49. The van der Waals surface area contributed by atoms with Crippen molar-refractivity contribution in [3.63, 3.8) is 0 Å². The van der Waals surface area contributed by atoms with Crippen LogP contribution in [0.25, 0.3) is 6.08 Å². The SMILES string of the molecule is CCCn1c(N)c(C(=O)COC(=O)/C=C/c2ccco2)c(=O)n(C)c1=O. The fourth-order valence-electron chi connectivity index (χ4n) is 2.28. The van der Waals surface area contributed by atoms with Gasteiger partial charge >= 0.3 is 11.7 Å². The first kappa shape index (κ1) is 19.0. The van der Waals surface area contributed by atoms with Crippen LogP contribution in [0, 0.1) is 0 Å². The summed E-state index contributed by atoms with van der Waals surface area (Å²) in [5, 5.41) is 0. The highest BCUT2D eigenvalue weighted by Crippen LogP contribution is 2.07. The first-order valence-corrected chi connectivity index (χ1v) is 7.87. The summed E-state index contributed by atoms with van der Waals surface area (Å²) in [5.74, 6) is -1.36. The van der Waals surface area contributed by atoms with E-state index in [1.807, 2.05) is 6.92 Å². The van der Waals surface area contributed by atoms with Gasteiger partial charge in [0.25, 0.3) is 5.56 Å². The van der Waals surface area contributed by atoms with E-state index in [4.69, 9.17) is 14.9 Å². The van der Waals surface area contributed by atoms with Gasteiger partial charge in [0.15, 0.2) is 6.61 Å². The molecule has 0 spiro atoms. The maximum absolute atomic E-state index is 12.3. The zero-order valence-electron chi connectivity index (χ0n) is 14.4. The zero-order chi connectivity index (χ0) is 19.3. The van der Waals surface area contributed by atoms with Crippen molar-refractivity contribution in [2.45, 2.75) is 19.9 Å². The van der Waals surface area contributed by atoms with Crippen molar-refractivity contribution in [1.82, 2.24) is 9.13 Å². The molecule has 26 heavy (non-hydrogen) atoms. The number of anilines is 1. The molecule has 0 saturated carbocycles. The Bertz CT molecular complexity index is 950. The number of esters is 1. The fourth-order valence-corrected chi connectivity index (χ4v) is 2.28. The van der Waals surface area contributed by atoms with E-state index in [1.54, 1.807) is 12.1 Å². The molecule has 0 aromatic carbocycles. The highest BCUT2D eigenvalue weighted by Gasteiger charge is 2.22. The molecule has 0 fully saturated rings. The predicted octanol–water partition coefficient (Wildman–Crippen LogP) is 0.571. The van der Waals surface area contributed by atoms with Crippen LogP contribution in [-0.2, 0) is 23.1 Å². The van der Waals surface area contributed by atoms with Gasteiger partial charge in [-0.05, 0) is 24.6 Å². The van der Waals surface area contributed by atoms with Gasteiger partial charge in [0, 0.05) is 19.7 Å². The summed E-state index contributed by atoms with van der Waals surface area (Å²) < 4.78 is 11.8. The summed E-state index contributed by atoms with van der Waals surface area (Å²) in [7, 11) is 1.26. The van der Waals surface area contributed by atoms with Crippen LogP contribution in [0.3, 0.4) is 0 Å². The highest BCUT2D eigenvalue weighted by molar-refractivity contribution is 6.01. The van der Waals surface area contributed by atoms with Crippen LogP contribution in [-0.4, -0.2) is 27.5 Å². The normalized spacial score (nSPS) is 11.0. The van der Waals surface area contributed by atoms with Gasteiger partial charge in [-0.3, -0.25) is 18.7 Å². The van der Waals surface area contributed by atoms with Crippen molar-refractivity contribution in [3.8, 4) is 0 Å². The molecule has 2 aromatic rings. The van der Waals surface area contributed by atoms with E-state index >= 15 is 0 Å². The van der Waals surface area contributed by atoms with E-state index in [0.717, 1.165) is 15.2 Å². The fraction of sp³-hybridized carbons (Fsp3) is 0.294. The molecule has 2 N–H and O–H groups in total. The molecular formula is C17H19N3O6.